The number of hydrogen-bond donors (Lipinski definition) is 0. The van der Waals surface area contributed by atoms with E-state index in [1.165, 1.54) is 0 Å². The van der Waals surface area contributed by atoms with E-state index in [1.54, 1.807) is 41.5 Å². The van der Waals surface area contributed by atoms with Gasteiger partial charge in [-0.15, -0.1) is 0 Å². The first-order valence-electron chi connectivity index (χ1n) is 5.84. The van der Waals surface area contributed by atoms with E-state index < -0.39 is 44.5 Å². The van der Waals surface area contributed by atoms with Crippen LogP contribution in [0.15, 0.2) is 0 Å². The molecule has 0 aromatic carbocycles. The van der Waals surface area contributed by atoms with Crippen molar-refractivity contribution in [2.75, 3.05) is 11.5 Å². The van der Waals surface area contributed by atoms with Gasteiger partial charge in [0.2, 0.25) is 0 Å². The minimum atomic E-state index is -3.87. The second-order valence-corrected chi connectivity index (χ2v) is 8.27. The van der Waals surface area contributed by atoms with E-state index in [9.17, 15) is 18.0 Å². The molecule has 7 heteroatoms. The standard InChI is InChI=1S/C12H22O6S/c1-11(2,3)17-9(13)7-19(15,16)8-10(14)18-12(4,5)6/h7-8H2,1-6H3. The molecule has 0 heterocycles. The minimum Gasteiger partial charge on any atom is -0.459 e. The first kappa shape index (κ1) is 17.9. The number of sulfone groups is 1. The van der Waals surface area contributed by atoms with E-state index >= 15 is 0 Å². The van der Waals surface area contributed by atoms with Gasteiger partial charge in [-0.25, -0.2) is 8.42 Å². The average molecular weight is 294 g/mol. The summed E-state index contributed by atoms with van der Waals surface area (Å²) in [7, 11) is -3.87. The van der Waals surface area contributed by atoms with Crippen LogP contribution in [0.2, 0.25) is 0 Å². The summed E-state index contributed by atoms with van der Waals surface area (Å²) >= 11 is 0. The number of rotatable bonds is 4. The van der Waals surface area contributed by atoms with E-state index in [4.69, 9.17) is 9.47 Å². The van der Waals surface area contributed by atoms with Crippen LogP contribution in [0.5, 0.6) is 0 Å². The maximum atomic E-state index is 11.6. The molecule has 0 aliphatic carbocycles. The monoisotopic (exact) mass is 294 g/mol. The summed E-state index contributed by atoms with van der Waals surface area (Å²) in [5.74, 6) is -3.42. The molecular weight excluding hydrogens is 272 g/mol. The van der Waals surface area contributed by atoms with Gasteiger partial charge < -0.3 is 9.47 Å². The van der Waals surface area contributed by atoms with Gasteiger partial charge in [0.05, 0.1) is 0 Å². The van der Waals surface area contributed by atoms with Crippen molar-refractivity contribution in [3.05, 3.63) is 0 Å². The maximum Gasteiger partial charge on any atom is 0.321 e. The number of carbonyl (C=O) groups is 2. The molecule has 0 N–H and O–H groups in total. The first-order chi connectivity index (χ1) is 8.20. The van der Waals surface area contributed by atoms with E-state index in [1.807, 2.05) is 0 Å². The summed E-state index contributed by atoms with van der Waals surface area (Å²) in [5, 5.41) is 0. The van der Waals surface area contributed by atoms with E-state index in [-0.39, 0.29) is 0 Å². The molecule has 0 amide bonds. The van der Waals surface area contributed by atoms with Gasteiger partial charge in [0.15, 0.2) is 9.84 Å². The topological polar surface area (TPSA) is 86.7 Å². The molecule has 0 aromatic rings. The third-order valence-corrected chi connectivity index (χ3v) is 2.87. The van der Waals surface area contributed by atoms with Crippen molar-refractivity contribution in [2.45, 2.75) is 52.7 Å². The van der Waals surface area contributed by atoms with Crippen molar-refractivity contribution in [1.29, 1.82) is 0 Å². The Morgan fingerprint density at radius 1 is 0.789 bits per heavy atom. The molecule has 0 aliphatic heterocycles. The van der Waals surface area contributed by atoms with Crippen LogP contribution in [0.4, 0.5) is 0 Å². The smallest absolute Gasteiger partial charge is 0.321 e. The second-order valence-electron chi connectivity index (χ2n) is 6.21. The number of esters is 2. The molecular formula is C12H22O6S. The quantitative estimate of drug-likeness (QED) is 0.721. The highest BCUT2D eigenvalue weighted by Crippen LogP contribution is 2.10. The highest BCUT2D eigenvalue weighted by molar-refractivity contribution is 7.92. The van der Waals surface area contributed by atoms with Gasteiger partial charge in [-0.2, -0.15) is 0 Å². The predicted octanol–water partition coefficient (Wildman–Crippen LogP) is 1.08. The minimum absolute atomic E-state index is 0.765. The lowest BCUT2D eigenvalue weighted by Crippen LogP contribution is -2.33. The summed E-state index contributed by atoms with van der Waals surface area (Å²) in [6.07, 6.45) is 0. The zero-order chi connectivity index (χ0) is 15.5. The van der Waals surface area contributed by atoms with Gasteiger partial charge in [0.1, 0.15) is 22.7 Å². The Morgan fingerprint density at radius 2 is 1.05 bits per heavy atom. The Hall–Kier alpha value is -1.11. The molecule has 0 radical (unpaired) electrons. The second kappa shape index (κ2) is 5.90. The molecule has 112 valence electrons. The zero-order valence-corrected chi connectivity index (χ0v) is 13.1. The summed E-state index contributed by atoms with van der Waals surface area (Å²) in [6.45, 7) is 9.78. The Balaban J connectivity index is 4.50. The van der Waals surface area contributed by atoms with Crippen LogP contribution < -0.4 is 0 Å². The molecule has 0 saturated carbocycles. The van der Waals surface area contributed by atoms with Crippen LogP contribution >= 0.6 is 0 Å². The summed E-state index contributed by atoms with van der Waals surface area (Å²) in [6, 6.07) is 0. The van der Waals surface area contributed by atoms with Crippen molar-refractivity contribution in [2.24, 2.45) is 0 Å². The molecule has 19 heavy (non-hydrogen) atoms. The van der Waals surface area contributed by atoms with Gasteiger partial charge in [-0.1, -0.05) is 0 Å². The molecule has 0 aromatic heterocycles. The van der Waals surface area contributed by atoms with Gasteiger partial charge in [0.25, 0.3) is 0 Å². The summed E-state index contributed by atoms with van der Waals surface area (Å²) in [5.41, 5.74) is -1.53. The van der Waals surface area contributed by atoms with E-state index in [0.29, 0.717) is 0 Å². The fourth-order valence-electron chi connectivity index (χ4n) is 1.15. The van der Waals surface area contributed by atoms with Crippen LogP contribution in [0.1, 0.15) is 41.5 Å². The molecule has 0 spiro atoms. The summed E-state index contributed by atoms with van der Waals surface area (Å²) in [4.78, 5) is 22.8. The van der Waals surface area contributed by atoms with Crippen molar-refractivity contribution in [3.8, 4) is 0 Å². The van der Waals surface area contributed by atoms with Crippen LogP contribution in [0, 0.1) is 0 Å². The number of hydrogen-bond acceptors (Lipinski definition) is 6. The van der Waals surface area contributed by atoms with Crippen molar-refractivity contribution in [3.63, 3.8) is 0 Å². The van der Waals surface area contributed by atoms with Gasteiger partial charge in [-0.3, -0.25) is 9.59 Å². The zero-order valence-electron chi connectivity index (χ0n) is 12.3. The average Bonchev–Trinajstić information content (AvgIpc) is 1.89. The van der Waals surface area contributed by atoms with Gasteiger partial charge in [-0.05, 0) is 41.5 Å². The third-order valence-electron chi connectivity index (χ3n) is 1.52. The largest absolute Gasteiger partial charge is 0.459 e. The lowest BCUT2D eigenvalue weighted by atomic mass is 10.2. The number of ether oxygens (including phenoxy) is 2. The third kappa shape index (κ3) is 10.5. The summed E-state index contributed by atoms with van der Waals surface area (Å²) < 4.78 is 33.0. The molecule has 0 fully saturated rings. The van der Waals surface area contributed by atoms with Crippen LogP contribution in [0.25, 0.3) is 0 Å². The lowest BCUT2D eigenvalue weighted by molar-refractivity contribution is -0.151. The lowest BCUT2D eigenvalue weighted by Gasteiger charge is -2.20. The molecule has 6 nitrogen and oxygen atoms in total. The predicted molar refractivity (Wildman–Crippen MR) is 70.3 cm³/mol. The highest BCUT2D eigenvalue weighted by Gasteiger charge is 2.27. The molecule has 0 aliphatic rings. The Morgan fingerprint density at radius 3 is 1.26 bits per heavy atom. The van der Waals surface area contributed by atoms with Gasteiger partial charge >= 0.3 is 11.9 Å². The first-order valence-corrected chi connectivity index (χ1v) is 7.66. The van der Waals surface area contributed by atoms with E-state index in [0.717, 1.165) is 0 Å². The molecule has 0 atom stereocenters. The van der Waals surface area contributed by atoms with Gasteiger partial charge in [0, 0.05) is 0 Å². The fraction of sp³-hybridized carbons (Fsp3) is 0.833. The molecule has 0 unspecified atom stereocenters. The Bertz CT molecular complexity index is 400. The van der Waals surface area contributed by atoms with Crippen molar-refractivity contribution in [1.82, 2.24) is 0 Å². The maximum absolute atomic E-state index is 11.6. The highest BCUT2D eigenvalue weighted by atomic mass is 32.2. The molecule has 0 bridgehead atoms. The van der Waals surface area contributed by atoms with Crippen LogP contribution in [-0.2, 0) is 28.9 Å². The Labute approximate surface area is 114 Å². The molecule has 0 saturated heterocycles. The van der Waals surface area contributed by atoms with E-state index in [2.05, 4.69) is 0 Å². The number of carbonyl (C=O) groups excluding carboxylic acids is 2. The van der Waals surface area contributed by atoms with Crippen molar-refractivity contribution < 1.29 is 27.5 Å². The van der Waals surface area contributed by atoms with Crippen LogP contribution in [0.3, 0.4) is 0 Å². The van der Waals surface area contributed by atoms with Crippen molar-refractivity contribution >= 4 is 21.8 Å². The normalized spacial score (nSPS) is 12.9. The Kier molecular flexibility index (Phi) is 5.55. The molecule has 0 rings (SSSR count). The SMILES string of the molecule is CC(C)(C)OC(=O)CS(=O)(=O)CC(=O)OC(C)(C)C. The van der Waals surface area contributed by atoms with Crippen LogP contribution in [-0.4, -0.2) is 43.1 Å². The fourth-order valence-corrected chi connectivity index (χ4v) is 2.09.